The number of aromatic nitrogens is 5. The first kappa shape index (κ1) is 17.1. The van der Waals surface area contributed by atoms with Crippen molar-refractivity contribution in [3.63, 3.8) is 0 Å². The minimum atomic E-state index is -0.917. The third kappa shape index (κ3) is 3.13. The summed E-state index contributed by atoms with van der Waals surface area (Å²) in [6.45, 7) is 0.302. The van der Waals surface area contributed by atoms with E-state index in [2.05, 4.69) is 20.5 Å². The largest absolute Gasteiger partial charge is 0.377 e. The van der Waals surface area contributed by atoms with Crippen molar-refractivity contribution in [1.29, 1.82) is 0 Å². The number of nitrogens with one attached hydrogen (secondary N) is 1. The Labute approximate surface area is 155 Å². The van der Waals surface area contributed by atoms with E-state index in [9.17, 15) is 13.6 Å². The van der Waals surface area contributed by atoms with Gasteiger partial charge in [-0.15, -0.1) is 0 Å². The molecule has 0 saturated heterocycles. The highest BCUT2D eigenvalue weighted by Crippen LogP contribution is 2.19. The molecule has 0 spiro atoms. The van der Waals surface area contributed by atoms with E-state index in [-0.39, 0.29) is 16.4 Å². The van der Waals surface area contributed by atoms with Crippen LogP contribution >= 0.6 is 11.6 Å². The third-order valence-corrected chi connectivity index (χ3v) is 4.25. The maximum absolute atomic E-state index is 13.9. The molecular formula is C17H11ClF2N6O. The Morgan fingerprint density at radius 1 is 1.11 bits per heavy atom. The van der Waals surface area contributed by atoms with Crippen molar-refractivity contribution in [1.82, 2.24) is 24.4 Å². The molecule has 0 bridgehead atoms. The van der Waals surface area contributed by atoms with Gasteiger partial charge in [-0.1, -0.05) is 11.6 Å². The van der Waals surface area contributed by atoms with Crippen molar-refractivity contribution < 1.29 is 8.78 Å². The van der Waals surface area contributed by atoms with Gasteiger partial charge in [0.2, 0.25) is 0 Å². The first-order valence-corrected chi connectivity index (χ1v) is 8.17. The zero-order valence-corrected chi connectivity index (χ0v) is 14.4. The third-order valence-electron chi connectivity index (χ3n) is 3.89. The SMILES string of the molecule is O=c1c(Cl)c(NCc2ccnc3ccnn23)cnn1-c1ccc(F)cc1F. The number of hydrogen-bond acceptors (Lipinski definition) is 5. The fraction of sp³-hybridized carbons (Fsp3) is 0.0588. The second-order valence-corrected chi connectivity index (χ2v) is 5.95. The van der Waals surface area contributed by atoms with E-state index < -0.39 is 17.2 Å². The van der Waals surface area contributed by atoms with Gasteiger partial charge in [-0.2, -0.15) is 14.9 Å². The van der Waals surface area contributed by atoms with Crippen LogP contribution in [0.15, 0.2) is 53.7 Å². The number of nitrogens with zero attached hydrogens (tertiary/aromatic N) is 5. The van der Waals surface area contributed by atoms with Gasteiger partial charge >= 0.3 is 0 Å². The molecule has 0 saturated carbocycles. The maximum Gasteiger partial charge on any atom is 0.292 e. The summed E-state index contributed by atoms with van der Waals surface area (Å²) in [5, 5.41) is 10.9. The Kier molecular flexibility index (Phi) is 4.28. The van der Waals surface area contributed by atoms with Gasteiger partial charge in [0.15, 0.2) is 11.5 Å². The fourth-order valence-corrected chi connectivity index (χ4v) is 2.78. The molecule has 0 aliphatic carbocycles. The summed E-state index contributed by atoms with van der Waals surface area (Å²) >= 11 is 6.13. The molecule has 3 aromatic heterocycles. The molecule has 0 amide bonds. The second-order valence-electron chi connectivity index (χ2n) is 5.58. The lowest BCUT2D eigenvalue weighted by Crippen LogP contribution is -2.23. The van der Waals surface area contributed by atoms with Crippen LogP contribution in [0.1, 0.15) is 5.69 Å². The predicted molar refractivity (Wildman–Crippen MR) is 95.1 cm³/mol. The first-order chi connectivity index (χ1) is 13.0. The minimum Gasteiger partial charge on any atom is -0.377 e. The molecular weight excluding hydrogens is 378 g/mol. The van der Waals surface area contributed by atoms with Gasteiger partial charge in [-0.3, -0.25) is 4.79 Å². The van der Waals surface area contributed by atoms with Gasteiger partial charge in [-0.05, 0) is 18.2 Å². The van der Waals surface area contributed by atoms with Gasteiger partial charge in [0.05, 0.1) is 30.3 Å². The summed E-state index contributed by atoms with van der Waals surface area (Å²) in [6.07, 6.45) is 4.57. The topological polar surface area (TPSA) is 77.1 Å². The highest BCUT2D eigenvalue weighted by atomic mass is 35.5. The number of benzene rings is 1. The number of fused-ring (bicyclic) bond motifs is 1. The quantitative estimate of drug-likeness (QED) is 0.581. The molecule has 1 N–H and O–H groups in total. The fourth-order valence-electron chi connectivity index (χ4n) is 2.59. The Morgan fingerprint density at radius 2 is 1.96 bits per heavy atom. The van der Waals surface area contributed by atoms with Gasteiger partial charge in [0.25, 0.3) is 5.56 Å². The van der Waals surface area contributed by atoms with Crippen LogP contribution in [-0.4, -0.2) is 24.4 Å². The Morgan fingerprint density at radius 3 is 2.78 bits per heavy atom. The van der Waals surface area contributed by atoms with Crippen LogP contribution in [0.5, 0.6) is 0 Å². The summed E-state index contributed by atoms with van der Waals surface area (Å²) in [4.78, 5) is 16.6. The lowest BCUT2D eigenvalue weighted by Gasteiger charge is -2.11. The monoisotopic (exact) mass is 388 g/mol. The molecule has 0 aliphatic rings. The van der Waals surface area contributed by atoms with Crippen LogP contribution in [0.4, 0.5) is 14.5 Å². The molecule has 136 valence electrons. The van der Waals surface area contributed by atoms with Crippen LogP contribution in [-0.2, 0) is 6.54 Å². The van der Waals surface area contributed by atoms with E-state index in [0.29, 0.717) is 18.3 Å². The smallest absolute Gasteiger partial charge is 0.292 e. The molecule has 0 atom stereocenters. The van der Waals surface area contributed by atoms with Crippen molar-refractivity contribution in [3.8, 4) is 5.69 Å². The van der Waals surface area contributed by atoms with Gasteiger partial charge in [0, 0.05) is 18.3 Å². The molecule has 10 heteroatoms. The molecule has 7 nitrogen and oxygen atoms in total. The molecule has 27 heavy (non-hydrogen) atoms. The van der Waals surface area contributed by atoms with Gasteiger partial charge < -0.3 is 5.32 Å². The summed E-state index contributed by atoms with van der Waals surface area (Å²) in [6, 6.07) is 6.35. The van der Waals surface area contributed by atoms with E-state index in [4.69, 9.17) is 11.6 Å². The molecule has 0 unspecified atom stereocenters. The first-order valence-electron chi connectivity index (χ1n) is 7.79. The van der Waals surface area contributed by atoms with E-state index in [0.717, 1.165) is 22.5 Å². The van der Waals surface area contributed by atoms with Crippen molar-refractivity contribution in [3.05, 3.63) is 81.6 Å². The predicted octanol–water partition coefficient (Wildman–Crippen LogP) is 2.82. The van der Waals surface area contributed by atoms with Crippen LogP contribution in [0.25, 0.3) is 11.3 Å². The average molecular weight is 389 g/mol. The number of halogens is 3. The van der Waals surface area contributed by atoms with Crippen molar-refractivity contribution in [2.45, 2.75) is 6.54 Å². The van der Waals surface area contributed by atoms with E-state index in [1.54, 1.807) is 29.0 Å². The zero-order valence-electron chi connectivity index (χ0n) is 13.6. The molecule has 0 fully saturated rings. The summed E-state index contributed by atoms with van der Waals surface area (Å²) in [5.74, 6) is -1.67. The van der Waals surface area contributed by atoms with E-state index in [1.807, 2.05) is 0 Å². The highest BCUT2D eigenvalue weighted by Gasteiger charge is 2.14. The minimum absolute atomic E-state index is 0.167. The molecule has 4 aromatic rings. The zero-order chi connectivity index (χ0) is 19.0. The highest BCUT2D eigenvalue weighted by molar-refractivity contribution is 6.32. The van der Waals surface area contributed by atoms with Crippen LogP contribution in [0, 0.1) is 11.6 Å². The second kappa shape index (κ2) is 6.76. The van der Waals surface area contributed by atoms with E-state index in [1.165, 1.54) is 6.20 Å². The van der Waals surface area contributed by atoms with Crippen LogP contribution in [0.3, 0.4) is 0 Å². The summed E-state index contributed by atoms with van der Waals surface area (Å²) in [5.41, 5.74) is 0.821. The Hall–Kier alpha value is -3.33. The van der Waals surface area contributed by atoms with Crippen molar-refractivity contribution >= 4 is 22.9 Å². The molecule has 3 heterocycles. The lowest BCUT2D eigenvalue weighted by molar-refractivity contribution is 0.570. The van der Waals surface area contributed by atoms with Gasteiger partial charge in [0.1, 0.15) is 16.5 Å². The number of rotatable bonds is 4. The average Bonchev–Trinajstić information content (AvgIpc) is 3.13. The standard InChI is InChI=1S/C17H11ClF2N6O/c18-16-13(22-8-11-3-5-21-15-4-6-23-25(11)15)9-24-26(17(16)27)14-2-1-10(19)7-12(14)20/h1-7,9,22H,8H2. The Bertz CT molecular complexity index is 1210. The molecule has 1 aromatic carbocycles. The molecule has 4 rings (SSSR count). The van der Waals surface area contributed by atoms with Crippen LogP contribution in [0.2, 0.25) is 5.02 Å². The Balaban J connectivity index is 1.64. The lowest BCUT2D eigenvalue weighted by atomic mass is 10.3. The van der Waals surface area contributed by atoms with Gasteiger partial charge in [-0.25, -0.2) is 18.3 Å². The summed E-state index contributed by atoms with van der Waals surface area (Å²) < 4.78 is 29.4. The molecule has 0 aliphatic heterocycles. The van der Waals surface area contributed by atoms with Crippen molar-refractivity contribution in [2.75, 3.05) is 5.32 Å². The number of hydrogen-bond donors (Lipinski definition) is 1. The van der Waals surface area contributed by atoms with E-state index >= 15 is 0 Å². The summed E-state index contributed by atoms with van der Waals surface area (Å²) in [7, 11) is 0. The maximum atomic E-state index is 13.9. The molecule has 0 radical (unpaired) electrons. The number of anilines is 1. The normalized spacial score (nSPS) is 11.1. The van der Waals surface area contributed by atoms with Crippen molar-refractivity contribution in [2.24, 2.45) is 0 Å². The van der Waals surface area contributed by atoms with Crippen LogP contribution < -0.4 is 10.9 Å².